The second kappa shape index (κ2) is 9.71. The van der Waals surface area contributed by atoms with Crippen LogP contribution in [-0.2, 0) is 22.8 Å². The summed E-state index contributed by atoms with van der Waals surface area (Å²) >= 11 is 0. The summed E-state index contributed by atoms with van der Waals surface area (Å²) in [5.74, 6) is 2.27. The molecular formula is C15H29N7O2S. The number of hydrogen-bond donors (Lipinski definition) is 2. The highest BCUT2D eigenvalue weighted by Gasteiger charge is 2.20. The molecule has 25 heavy (non-hydrogen) atoms. The lowest BCUT2D eigenvalue weighted by atomic mass is 10.4. The van der Waals surface area contributed by atoms with Gasteiger partial charge in [0.1, 0.15) is 12.2 Å². The average Bonchev–Trinajstić information content (AvgIpc) is 3.04. The molecule has 1 fully saturated rings. The van der Waals surface area contributed by atoms with Gasteiger partial charge in [0.15, 0.2) is 15.8 Å². The Balaban J connectivity index is 1.74. The van der Waals surface area contributed by atoms with Gasteiger partial charge in [-0.2, -0.15) is 0 Å². The highest BCUT2D eigenvalue weighted by atomic mass is 32.2. The van der Waals surface area contributed by atoms with Crippen molar-refractivity contribution in [3.63, 3.8) is 0 Å². The molecule has 2 N–H and O–H groups in total. The third-order valence-corrected chi connectivity index (χ3v) is 5.73. The van der Waals surface area contributed by atoms with E-state index in [0.717, 1.165) is 44.4 Å². The molecule has 2 rings (SSSR count). The first-order valence-electron chi connectivity index (χ1n) is 8.85. The third kappa shape index (κ3) is 6.62. The van der Waals surface area contributed by atoms with Crippen molar-refractivity contribution in [1.29, 1.82) is 0 Å². The van der Waals surface area contributed by atoms with E-state index in [4.69, 9.17) is 0 Å². The van der Waals surface area contributed by atoms with Gasteiger partial charge in [0.05, 0.1) is 18.1 Å². The Labute approximate surface area is 149 Å². The Hall–Kier alpha value is -1.68. The SMILES string of the molecule is CCNC(=NCCN1CCS(=O)(=O)CC1)NCCn1cnnc1CC. The molecule has 0 bridgehead atoms. The Morgan fingerprint density at radius 1 is 1.24 bits per heavy atom. The molecule has 1 aliphatic heterocycles. The number of sulfone groups is 1. The maximum atomic E-state index is 11.4. The molecule has 0 atom stereocenters. The van der Waals surface area contributed by atoms with E-state index in [1.807, 2.05) is 11.5 Å². The summed E-state index contributed by atoms with van der Waals surface area (Å²) in [5, 5.41) is 14.5. The van der Waals surface area contributed by atoms with Gasteiger partial charge in [0.2, 0.25) is 0 Å². The first-order chi connectivity index (χ1) is 12.0. The summed E-state index contributed by atoms with van der Waals surface area (Å²) in [6.07, 6.45) is 2.61. The molecule has 9 nitrogen and oxygen atoms in total. The number of hydrogen-bond acceptors (Lipinski definition) is 6. The fraction of sp³-hybridized carbons (Fsp3) is 0.800. The zero-order valence-electron chi connectivity index (χ0n) is 15.1. The largest absolute Gasteiger partial charge is 0.357 e. The van der Waals surface area contributed by atoms with Gasteiger partial charge in [-0.1, -0.05) is 6.92 Å². The van der Waals surface area contributed by atoms with E-state index in [0.29, 0.717) is 19.6 Å². The highest BCUT2D eigenvalue weighted by molar-refractivity contribution is 7.91. The van der Waals surface area contributed by atoms with Crippen LogP contribution in [0.4, 0.5) is 0 Å². The van der Waals surface area contributed by atoms with Crippen LogP contribution in [0.1, 0.15) is 19.7 Å². The standard InChI is InChI=1S/C15H29N7O2S/c1-3-14-20-19-13-22(14)8-6-18-15(16-4-2)17-5-7-21-9-11-25(23,24)12-10-21/h13H,3-12H2,1-2H3,(H2,16,17,18). The Morgan fingerprint density at radius 3 is 2.68 bits per heavy atom. The molecule has 142 valence electrons. The van der Waals surface area contributed by atoms with Crippen LogP contribution >= 0.6 is 0 Å². The molecule has 1 saturated heterocycles. The molecule has 0 spiro atoms. The van der Waals surface area contributed by atoms with Gasteiger partial charge in [-0.15, -0.1) is 10.2 Å². The van der Waals surface area contributed by atoms with Gasteiger partial charge >= 0.3 is 0 Å². The monoisotopic (exact) mass is 371 g/mol. The summed E-state index contributed by atoms with van der Waals surface area (Å²) in [7, 11) is -2.82. The van der Waals surface area contributed by atoms with Crippen molar-refractivity contribution in [2.45, 2.75) is 26.8 Å². The molecule has 0 radical (unpaired) electrons. The Morgan fingerprint density at radius 2 is 2.00 bits per heavy atom. The summed E-state index contributed by atoms with van der Waals surface area (Å²) in [6.45, 7) is 9.03. The van der Waals surface area contributed by atoms with Crippen molar-refractivity contribution in [2.75, 3.05) is 50.8 Å². The minimum Gasteiger partial charge on any atom is -0.357 e. The van der Waals surface area contributed by atoms with Crippen LogP contribution < -0.4 is 10.6 Å². The molecular weight excluding hydrogens is 342 g/mol. The lowest BCUT2D eigenvalue weighted by molar-refractivity contribution is 0.304. The fourth-order valence-corrected chi connectivity index (χ4v) is 3.93. The lowest BCUT2D eigenvalue weighted by Gasteiger charge is -2.25. The Bertz CT molecular complexity index is 643. The lowest BCUT2D eigenvalue weighted by Crippen LogP contribution is -2.42. The van der Waals surface area contributed by atoms with Crippen molar-refractivity contribution in [2.24, 2.45) is 4.99 Å². The molecule has 0 amide bonds. The molecule has 1 aromatic heterocycles. The molecule has 0 saturated carbocycles. The van der Waals surface area contributed by atoms with Crippen molar-refractivity contribution in [3.8, 4) is 0 Å². The van der Waals surface area contributed by atoms with E-state index in [1.165, 1.54) is 0 Å². The van der Waals surface area contributed by atoms with Gasteiger partial charge in [0.25, 0.3) is 0 Å². The third-order valence-electron chi connectivity index (χ3n) is 4.12. The van der Waals surface area contributed by atoms with Crippen LogP contribution in [0.2, 0.25) is 0 Å². The van der Waals surface area contributed by atoms with Crippen LogP contribution in [-0.4, -0.2) is 84.8 Å². The molecule has 10 heteroatoms. The van der Waals surface area contributed by atoms with Crippen molar-refractivity contribution in [1.82, 2.24) is 30.3 Å². The average molecular weight is 372 g/mol. The second-order valence-electron chi connectivity index (χ2n) is 5.98. The molecule has 0 aliphatic carbocycles. The van der Waals surface area contributed by atoms with Crippen LogP contribution in [0.25, 0.3) is 0 Å². The Kier molecular flexibility index (Phi) is 7.63. The van der Waals surface area contributed by atoms with Crippen molar-refractivity contribution < 1.29 is 8.42 Å². The van der Waals surface area contributed by atoms with Gasteiger partial charge in [-0.25, -0.2) is 8.42 Å². The van der Waals surface area contributed by atoms with Gasteiger partial charge < -0.3 is 15.2 Å². The number of guanidine groups is 1. The first kappa shape index (κ1) is 19.6. The predicted octanol–water partition coefficient (Wildman–Crippen LogP) is -0.874. The van der Waals surface area contributed by atoms with Crippen LogP contribution in [0, 0.1) is 0 Å². The fourth-order valence-electron chi connectivity index (χ4n) is 2.65. The van der Waals surface area contributed by atoms with Gasteiger partial charge in [-0.05, 0) is 6.92 Å². The van der Waals surface area contributed by atoms with E-state index in [2.05, 4.69) is 37.6 Å². The summed E-state index contributed by atoms with van der Waals surface area (Å²) in [5.41, 5.74) is 0. The van der Waals surface area contributed by atoms with E-state index in [1.54, 1.807) is 6.33 Å². The van der Waals surface area contributed by atoms with Crippen LogP contribution in [0.15, 0.2) is 11.3 Å². The number of aromatic nitrogens is 3. The van der Waals surface area contributed by atoms with Crippen LogP contribution in [0.5, 0.6) is 0 Å². The number of aryl methyl sites for hydroxylation is 1. The predicted molar refractivity (Wildman–Crippen MR) is 98.5 cm³/mol. The highest BCUT2D eigenvalue weighted by Crippen LogP contribution is 2.02. The summed E-state index contributed by atoms with van der Waals surface area (Å²) in [6, 6.07) is 0. The van der Waals surface area contributed by atoms with Gasteiger partial charge in [0, 0.05) is 45.7 Å². The smallest absolute Gasteiger partial charge is 0.191 e. The van der Waals surface area contributed by atoms with Crippen molar-refractivity contribution >= 4 is 15.8 Å². The maximum absolute atomic E-state index is 11.4. The molecule has 1 aromatic rings. The van der Waals surface area contributed by atoms with E-state index < -0.39 is 9.84 Å². The zero-order valence-corrected chi connectivity index (χ0v) is 15.9. The van der Waals surface area contributed by atoms with E-state index in [-0.39, 0.29) is 11.5 Å². The molecule has 2 heterocycles. The summed E-state index contributed by atoms with van der Waals surface area (Å²) in [4.78, 5) is 6.72. The van der Waals surface area contributed by atoms with Crippen LogP contribution in [0.3, 0.4) is 0 Å². The second-order valence-corrected chi connectivity index (χ2v) is 8.28. The molecule has 1 aliphatic rings. The van der Waals surface area contributed by atoms with E-state index in [9.17, 15) is 8.42 Å². The zero-order chi connectivity index (χ0) is 18.1. The van der Waals surface area contributed by atoms with Crippen molar-refractivity contribution in [3.05, 3.63) is 12.2 Å². The minimum absolute atomic E-state index is 0.258. The quantitative estimate of drug-likeness (QED) is 0.452. The number of aliphatic imine (C=N–C) groups is 1. The number of nitrogens with one attached hydrogen (secondary N) is 2. The van der Waals surface area contributed by atoms with Gasteiger partial charge in [-0.3, -0.25) is 9.89 Å². The molecule has 0 aromatic carbocycles. The maximum Gasteiger partial charge on any atom is 0.191 e. The number of rotatable bonds is 8. The summed E-state index contributed by atoms with van der Waals surface area (Å²) < 4.78 is 24.9. The normalized spacial score (nSPS) is 18.2. The molecule has 0 unspecified atom stereocenters. The number of nitrogens with zero attached hydrogens (tertiary/aromatic N) is 5. The first-order valence-corrected chi connectivity index (χ1v) is 10.7. The topological polar surface area (TPSA) is 105 Å². The minimum atomic E-state index is -2.82. The van der Waals surface area contributed by atoms with E-state index >= 15 is 0 Å².